The van der Waals surface area contributed by atoms with Crippen molar-refractivity contribution in [1.82, 2.24) is 9.97 Å². The van der Waals surface area contributed by atoms with Gasteiger partial charge < -0.3 is 15.4 Å². The van der Waals surface area contributed by atoms with Crippen molar-refractivity contribution >= 4 is 17.4 Å². The smallest absolute Gasteiger partial charge is 0.343 e. The lowest BCUT2D eigenvalue weighted by molar-refractivity contribution is -0.136. The first-order valence-electron chi connectivity index (χ1n) is 6.02. The van der Waals surface area contributed by atoms with Gasteiger partial charge in [-0.2, -0.15) is 0 Å². The highest BCUT2D eigenvalue weighted by Gasteiger charge is 2.44. The third kappa shape index (κ3) is 2.84. The zero-order valence-electron chi connectivity index (χ0n) is 10.8. The standard InChI is InChI=1S/C12H14F2N4O2/c1-2-20-11(19)8(5-15)10-16-4-3-9(17-10)18-6-12(13,14)7-18/h3-5H,2,6-7,15H2,1H3. The number of anilines is 1. The normalized spacial score (nSPS) is 17.6. The van der Waals surface area contributed by atoms with Crippen LogP contribution >= 0.6 is 0 Å². The zero-order chi connectivity index (χ0) is 14.8. The van der Waals surface area contributed by atoms with E-state index in [1.807, 2.05) is 0 Å². The third-order valence-electron chi connectivity index (χ3n) is 2.71. The molecule has 0 amide bonds. The van der Waals surface area contributed by atoms with E-state index in [-0.39, 0.29) is 18.0 Å². The molecule has 1 fully saturated rings. The molecule has 1 aliphatic rings. The van der Waals surface area contributed by atoms with Gasteiger partial charge in [0.05, 0.1) is 19.7 Å². The highest BCUT2D eigenvalue weighted by Crippen LogP contribution is 2.30. The summed E-state index contributed by atoms with van der Waals surface area (Å²) in [5.41, 5.74) is 5.38. The van der Waals surface area contributed by atoms with Crippen molar-refractivity contribution in [3.05, 3.63) is 24.3 Å². The zero-order valence-corrected chi connectivity index (χ0v) is 10.8. The van der Waals surface area contributed by atoms with Crippen molar-refractivity contribution in [1.29, 1.82) is 0 Å². The molecule has 8 heteroatoms. The van der Waals surface area contributed by atoms with Gasteiger partial charge in [0, 0.05) is 12.4 Å². The van der Waals surface area contributed by atoms with Crippen molar-refractivity contribution in [2.24, 2.45) is 5.73 Å². The Morgan fingerprint density at radius 1 is 1.60 bits per heavy atom. The summed E-state index contributed by atoms with van der Waals surface area (Å²) in [6, 6.07) is 1.50. The van der Waals surface area contributed by atoms with Gasteiger partial charge in [-0.3, -0.25) is 0 Å². The minimum Gasteiger partial charge on any atom is -0.462 e. The number of nitrogens with two attached hydrogens (primary N) is 1. The summed E-state index contributed by atoms with van der Waals surface area (Å²) in [7, 11) is 0. The number of hydrogen-bond donors (Lipinski definition) is 1. The number of ether oxygens (including phenoxy) is 1. The molecule has 0 aliphatic carbocycles. The van der Waals surface area contributed by atoms with Crippen LogP contribution < -0.4 is 10.6 Å². The van der Waals surface area contributed by atoms with Crippen LogP contribution in [-0.4, -0.2) is 41.6 Å². The predicted octanol–water partition coefficient (Wildman–Crippen LogP) is 0.795. The lowest BCUT2D eigenvalue weighted by Gasteiger charge is -2.39. The lowest BCUT2D eigenvalue weighted by atomic mass is 10.1. The maximum Gasteiger partial charge on any atom is 0.343 e. The average molecular weight is 284 g/mol. The van der Waals surface area contributed by atoms with E-state index >= 15 is 0 Å². The van der Waals surface area contributed by atoms with Crippen LogP contribution in [0.1, 0.15) is 12.7 Å². The summed E-state index contributed by atoms with van der Waals surface area (Å²) in [5, 5.41) is 0. The van der Waals surface area contributed by atoms with Gasteiger partial charge in [0.2, 0.25) is 0 Å². The van der Waals surface area contributed by atoms with E-state index in [9.17, 15) is 13.6 Å². The second-order valence-corrected chi connectivity index (χ2v) is 4.25. The second-order valence-electron chi connectivity index (χ2n) is 4.25. The molecule has 0 spiro atoms. The molecule has 6 nitrogen and oxygen atoms in total. The first kappa shape index (κ1) is 14.2. The average Bonchev–Trinajstić information content (AvgIpc) is 2.37. The quantitative estimate of drug-likeness (QED) is 0.650. The molecule has 2 rings (SSSR count). The molecule has 1 aromatic rings. The van der Waals surface area contributed by atoms with Crippen LogP contribution in [0.5, 0.6) is 0 Å². The lowest BCUT2D eigenvalue weighted by Crippen LogP contribution is -2.56. The number of alkyl halides is 2. The molecule has 0 atom stereocenters. The Morgan fingerprint density at radius 2 is 2.30 bits per heavy atom. The second kappa shape index (κ2) is 5.40. The van der Waals surface area contributed by atoms with Gasteiger partial charge in [-0.15, -0.1) is 0 Å². The molecule has 0 radical (unpaired) electrons. The summed E-state index contributed by atoms with van der Waals surface area (Å²) in [5.74, 6) is -2.97. The molecule has 2 heterocycles. The Hall–Kier alpha value is -2.25. The van der Waals surface area contributed by atoms with Crippen LogP contribution in [0.2, 0.25) is 0 Å². The van der Waals surface area contributed by atoms with E-state index in [2.05, 4.69) is 9.97 Å². The van der Waals surface area contributed by atoms with Crippen LogP contribution in [0.4, 0.5) is 14.6 Å². The number of carbonyl (C=O) groups is 1. The molecule has 0 unspecified atom stereocenters. The van der Waals surface area contributed by atoms with E-state index in [1.165, 1.54) is 17.2 Å². The van der Waals surface area contributed by atoms with Crippen LogP contribution in [0, 0.1) is 0 Å². The first-order valence-corrected chi connectivity index (χ1v) is 6.02. The summed E-state index contributed by atoms with van der Waals surface area (Å²) >= 11 is 0. The monoisotopic (exact) mass is 284 g/mol. The highest BCUT2D eigenvalue weighted by molar-refractivity contribution is 6.15. The summed E-state index contributed by atoms with van der Waals surface area (Å²) in [6.45, 7) is 1.05. The van der Waals surface area contributed by atoms with Crippen LogP contribution in [0.3, 0.4) is 0 Å². The number of hydrogen-bond acceptors (Lipinski definition) is 6. The van der Waals surface area contributed by atoms with Crippen molar-refractivity contribution in [2.75, 3.05) is 24.6 Å². The van der Waals surface area contributed by atoms with Gasteiger partial charge in [-0.05, 0) is 13.0 Å². The van der Waals surface area contributed by atoms with Crippen molar-refractivity contribution in [3.63, 3.8) is 0 Å². The SMILES string of the molecule is CCOC(=O)C(=CN)c1nccc(N2CC(F)(F)C2)n1. The topological polar surface area (TPSA) is 81.3 Å². The molecule has 2 N–H and O–H groups in total. The van der Waals surface area contributed by atoms with Gasteiger partial charge in [0.15, 0.2) is 5.82 Å². The Bertz CT molecular complexity index is 540. The van der Waals surface area contributed by atoms with E-state index in [0.717, 1.165) is 6.20 Å². The number of rotatable bonds is 4. The number of nitrogens with zero attached hydrogens (tertiary/aromatic N) is 3. The summed E-state index contributed by atoms with van der Waals surface area (Å²) in [6.07, 6.45) is 2.43. The largest absolute Gasteiger partial charge is 0.462 e. The van der Waals surface area contributed by atoms with E-state index in [0.29, 0.717) is 5.82 Å². The molecule has 1 aromatic heterocycles. The Balaban J connectivity index is 2.19. The van der Waals surface area contributed by atoms with E-state index < -0.39 is 25.0 Å². The molecule has 0 bridgehead atoms. The van der Waals surface area contributed by atoms with Gasteiger partial charge in [0.1, 0.15) is 11.4 Å². The molecule has 0 aromatic carbocycles. The van der Waals surface area contributed by atoms with Crippen LogP contribution in [0.25, 0.3) is 5.57 Å². The molecule has 1 saturated heterocycles. The fourth-order valence-corrected chi connectivity index (χ4v) is 1.77. The third-order valence-corrected chi connectivity index (χ3v) is 2.71. The molecular weight excluding hydrogens is 270 g/mol. The van der Waals surface area contributed by atoms with Gasteiger partial charge in [-0.25, -0.2) is 23.5 Å². The number of aromatic nitrogens is 2. The number of halogens is 2. The Morgan fingerprint density at radius 3 is 2.85 bits per heavy atom. The maximum absolute atomic E-state index is 12.8. The number of esters is 1. The highest BCUT2D eigenvalue weighted by atomic mass is 19.3. The van der Waals surface area contributed by atoms with Gasteiger partial charge >= 0.3 is 5.97 Å². The molecule has 0 saturated carbocycles. The number of carbonyl (C=O) groups excluding carboxylic acids is 1. The maximum atomic E-state index is 12.8. The van der Waals surface area contributed by atoms with E-state index in [4.69, 9.17) is 10.5 Å². The van der Waals surface area contributed by atoms with Crippen molar-refractivity contribution < 1.29 is 18.3 Å². The first-order chi connectivity index (χ1) is 9.46. The molecule has 1 aliphatic heterocycles. The summed E-state index contributed by atoms with van der Waals surface area (Å²) < 4.78 is 30.5. The fraction of sp³-hybridized carbons (Fsp3) is 0.417. The predicted molar refractivity (Wildman–Crippen MR) is 68.0 cm³/mol. The minimum atomic E-state index is -2.70. The summed E-state index contributed by atoms with van der Waals surface area (Å²) in [4.78, 5) is 21.0. The van der Waals surface area contributed by atoms with Crippen LogP contribution in [0.15, 0.2) is 18.5 Å². The van der Waals surface area contributed by atoms with Gasteiger partial charge in [-0.1, -0.05) is 0 Å². The molecule has 20 heavy (non-hydrogen) atoms. The van der Waals surface area contributed by atoms with E-state index in [1.54, 1.807) is 6.92 Å². The Labute approximate surface area is 114 Å². The Kier molecular flexibility index (Phi) is 3.82. The van der Waals surface area contributed by atoms with Crippen LogP contribution in [-0.2, 0) is 9.53 Å². The molecular formula is C12H14F2N4O2. The minimum absolute atomic E-state index is 0.000911. The van der Waals surface area contributed by atoms with Gasteiger partial charge in [0.25, 0.3) is 5.92 Å². The fourth-order valence-electron chi connectivity index (χ4n) is 1.77. The van der Waals surface area contributed by atoms with Crippen molar-refractivity contribution in [3.8, 4) is 0 Å². The van der Waals surface area contributed by atoms with Crippen molar-refractivity contribution in [2.45, 2.75) is 12.8 Å². The molecule has 108 valence electrons.